The number of hydrogen-bond donors (Lipinski definition) is 2. The van der Waals surface area contributed by atoms with Gasteiger partial charge in [0.15, 0.2) is 4.75 Å². The van der Waals surface area contributed by atoms with Crippen molar-refractivity contribution in [2.24, 2.45) is 0 Å². The van der Waals surface area contributed by atoms with Gasteiger partial charge in [-0.3, -0.25) is 14.9 Å². The van der Waals surface area contributed by atoms with E-state index in [-0.39, 0.29) is 37.8 Å². The minimum absolute atomic E-state index is 0.0382. The first-order valence-electron chi connectivity index (χ1n) is 12.1. The van der Waals surface area contributed by atoms with Crippen molar-refractivity contribution in [2.75, 3.05) is 26.2 Å². The van der Waals surface area contributed by atoms with Gasteiger partial charge in [0.25, 0.3) is 5.91 Å². The van der Waals surface area contributed by atoms with Gasteiger partial charge in [0.2, 0.25) is 10.0 Å². The Morgan fingerprint density at radius 1 is 1.00 bits per heavy atom. The molecule has 2 aromatic carbocycles. The van der Waals surface area contributed by atoms with Gasteiger partial charge >= 0.3 is 6.18 Å². The van der Waals surface area contributed by atoms with E-state index in [1.807, 2.05) is 30.3 Å². The van der Waals surface area contributed by atoms with E-state index in [1.165, 1.54) is 16.4 Å². The zero-order chi connectivity index (χ0) is 26.7. The SMILES string of the molecule is O=C(NO)C1(S(=O)(=O)N2CCC(Oc3ccc(C(F)(F)F)cc3)CC2)CCN(Cc2ccccc2)CC1. The van der Waals surface area contributed by atoms with Gasteiger partial charge in [-0.15, -0.1) is 0 Å². The molecule has 0 unspecified atom stereocenters. The molecule has 2 saturated heterocycles. The van der Waals surface area contributed by atoms with Crippen LogP contribution in [0.2, 0.25) is 0 Å². The van der Waals surface area contributed by atoms with Crippen LogP contribution in [-0.2, 0) is 27.5 Å². The lowest BCUT2D eigenvalue weighted by molar-refractivity contribution is -0.137. The third kappa shape index (κ3) is 5.92. The summed E-state index contributed by atoms with van der Waals surface area (Å²) in [5.74, 6) is -0.661. The second-order valence-electron chi connectivity index (χ2n) is 9.44. The van der Waals surface area contributed by atoms with Gasteiger partial charge in [0, 0.05) is 32.7 Å². The molecular weight excluding hydrogens is 511 g/mol. The first-order valence-corrected chi connectivity index (χ1v) is 13.5. The van der Waals surface area contributed by atoms with Gasteiger partial charge in [-0.05, 0) is 55.5 Å². The molecule has 37 heavy (non-hydrogen) atoms. The Bertz CT molecular complexity index is 1160. The van der Waals surface area contributed by atoms with E-state index in [0.717, 1.165) is 17.7 Å². The Morgan fingerprint density at radius 2 is 1.59 bits per heavy atom. The van der Waals surface area contributed by atoms with E-state index in [9.17, 15) is 31.6 Å². The Balaban J connectivity index is 1.39. The molecule has 0 radical (unpaired) electrons. The molecule has 2 fully saturated rings. The maximum atomic E-state index is 13.7. The van der Waals surface area contributed by atoms with Crippen molar-refractivity contribution in [1.82, 2.24) is 14.7 Å². The smallest absolute Gasteiger partial charge is 0.416 e. The number of sulfonamides is 1. The van der Waals surface area contributed by atoms with Gasteiger partial charge in [-0.1, -0.05) is 30.3 Å². The number of benzene rings is 2. The summed E-state index contributed by atoms with van der Waals surface area (Å²) in [6.07, 6.45) is -4.10. The quantitative estimate of drug-likeness (QED) is 0.412. The molecule has 0 aliphatic carbocycles. The van der Waals surface area contributed by atoms with Gasteiger partial charge in [0.1, 0.15) is 11.9 Å². The van der Waals surface area contributed by atoms with Crippen LogP contribution in [0.1, 0.15) is 36.8 Å². The standard InChI is InChI=1S/C25H30F3N3O5S/c26-25(27,28)20-6-8-21(9-7-20)36-22-10-14-31(15-11-22)37(34,35)24(23(32)29-33)12-16-30(17-13-24)18-19-4-2-1-3-5-19/h1-9,22,33H,10-18H2,(H,29,32). The highest BCUT2D eigenvalue weighted by Gasteiger charge is 2.55. The fourth-order valence-electron chi connectivity index (χ4n) is 4.97. The monoisotopic (exact) mass is 541 g/mol. The van der Waals surface area contributed by atoms with E-state index in [1.54, 1.807) is 5.48 Å². The normalized spacial score (nSPS) is 19.9. The van der Waals surface area contributed by atoms with Crippen LogP contribution in [0.25, 0.3) is 0 Å². The molecule has 202 valence electrons. The lowest BCUT2D eigenvalue weighted by Crippen LogP contribution is -2.62. The first kappa shape index (κ1) is 27.4. The number of likely N-dealkylation sites (tertiary alicyclic amines) is 1. The van der Waals surface area contributed by atoms with Crippen molar-refractivity contribution in [3.05, 3.63) is 65.7 Å². The van der Waals surface area contributed by atoms with Crippen LogP contribution in [0.4, 0.5) is 13.2 Å². The van der Waals surface area contributed by atoms with Crippen LogP contribution in [0, 0.1) is 0 Å². The van der Waals surface area contributed by atoms with Gasteiger partial charge in [-0.25, -0.2) is 18.2 Å². The highest BCUT2D eigenvalue weighted by Crippen LogP contribution is 2.36. The summed E-state index contributed by atoms with van der Waals surface area (Å²) >= 11 is 0. The number of halogens is 3. The minimum atomic E-state index is -4.44. The van der Waals surface area contributed by atoms with Gasteiger partial charge in [0.05, 0.1) is 5.56 Å². The van der Waals surface area contributed by atoms with Crippen LogP contribution >= 0.6 is 0 Å². The molecular formula is C25H30F3N3O5S. The average Bonchev–Trinajstić information content (AvgIpc) is 2.89. The van der Waals surface area contributed by atoms with E-state index >= 15 is 0 Å². The van der Waals surface area contributed by atoms with Gasteiger partial charge < -0.3 is 4.74 Å². The van der Waals surface area contributed by atoms with Crippen molar-refractivity contribution in [2.45, 2.75) is 49.3 Å². The van der Waals surface area contributed by atoms with Crippen LogP contribution < -0.4 is 10.2 Å². The average molecular weight is 542 g/mol. The Hall–Kier alpha value is -2.67. The summed E-state index contributed by atoms with van der Waals surface area (Å²) in [6, 6.07) is 14.1. The third-order valence-corrected chi connectivity index (χ3v) is 9.77. The van der Waals surface area contributed by atoms with E-state index < -0.39 is 32.4 Å². The molecule has 0 bridgehead atoms. The molecule has 0 aromatic heterocycles. The molecule has 2 heterocycles. The van der Waals surface area contributed by atoms with Crippen molar-refractivity contribution >= 4 is 15.9 Å². The fourth-order valence-corrected chi connectivity index (χ4v) is 7.13. The summed E-state index contributed by atoms with van der Waals surface area (Å²) in [6.45, 7) is 1.57. The molecule has 1 amide bonds. The first-order chi connectivity index (χ1) is 17.5. The molecule has 12 heteroatoms. The summed E-state index contributed by atoms with van der Waals surface area (Å²) in [7, 11) is -4.12. The molecule has 2 N–H and O–H groups in total. The fraction of sp³-hybridized carbons (Fsp3) is 0.480. The van der Waals surface area contributed by atoms with Crippen molar-refractivity contribution in [3.8, 4) is 5.75 Å². The number of alkyl halides is 3. The number of carbonyl (C=O) groups excluding carboxylic acids is 1. The number of nitrogens with one attached hydrogen (secondary N) is 1. The third-order valence-electron chi connectivity index (χ3n) is 7.15. The number of ether oxygens (including phenoxy) is 1. The maximum Gasteiger partial charge on any atom is 0.416 e. The highest BCUT2D eigenvalue weighted by atomic mass is 32.2. The number of amides is 1. The lowest BCUT2D eigenvalue weighted by atomic mass is 9.94. The number of hydrogen-bond acceptors (Lipinski definition) is 6. The van der Waals surface area contributed by atoms with Crippen LogP contribution in [0.3, 0.4) is 0 Å². The number of hydroxylamine groups is 1. The van der Waals surface area contributed by atoms with Crippen LogP contribution in [0.5, 0.6) is 5.75 Å². The Morgan fingerprint density at radius 3 is 2.14 bits per heavy atom. The second kappa shape index (κ2) is 11.0. The van der Waals surface area contributed by atoms with Crippen molar-refractivity contribution in [3.63, 3.8) is 0 Å². The van der Waals surface area contributed by atoms with E-state index in [0.29, 0.717) is 32.5 Å². The minimum Gasteiger partial charge on any atom is -0.490 e. The van der Waals surface area contributed by atoms with Gasteiger partial charge in [-0.2, -0.15) is 13.2 Å². The Kier molecular flexibility index (Phi) is 8.12. The summed E-state index contributed by atoms with van der Waals surface area (Å²) in [5, 5.41) is 9.40. The molecule has 2 aliphatic heterocycles. The van der Waals surface area contributed by atoms with Crippen molar-refractivity contribution < 1.29 is 36.3 Å². The molecule has 2 aromatic rings. The highest BCUT2D eigenvalue weighted by molar-refractivity contribution is 7.91. The topological polar surface area (TPSA) is 99.2 Å². The number of rotatable bonds is 7. The predicted molar refractivity (Wildman–Crippen MR) is 129 cm³/mol. The summed E-state index contributed by atoms with van der Waals surface area (Å²) in [5.41, 5.74) is 1.88. The Labute approximate surface area is 214 Å². The molecule has 2 aliphatic rings. The summed E-state index contributed by atoms with van der Waals surface area (Å²) < 4.78 is 71.0. The summed E-state index contributed by atoms with van der Waals surface area (Å²) in [4.78, 5) is 14.8. The van der Waals surface area contributed by atoms with Crippen LogP contribution in [0.15, 0.2) is 54.6 Å². The number of carbonyl (C=O) groups is 1. The molecule has 0 atom stereocenters. The number of piperidine rings is 2. The number of nitrogens with zero attached hydrogens (tertiary/aromatic N) is 2. The zero-order valence-electron chi connectivity index (χ0n) is 20.2. The second-order valence-corrected chi connectivity index (χ2v) is 11.7. The molecule has 0 spiro atoms. The van der Waals surface area contributed by atoms with Crippen molar-refractivity contribution in [1.29, 1.82) is 0 Å². The molecule has 0 saturated carbocycles. The molecule has 8 nitrogen and oxygen atoms in total. The molecule has 4 rings (SSSR count). The van der Waals surface area contributed by atoms with E-state index in [4.69, 9.17) is 4.74 Å². The zero-order valence-corrected chi connectivity index (χ0v) is 21.0. The van der Waals surface area contributed by atoms with Crippen LogP contribution in [-0.4, -0.2) is 65.8 Å². The van der Waals surface area contributed by atoms with E-state index in [2.05, 4.69) is 4.90 Å². The largest absolute Gasteiger partial charge is 0.490 e. The maximum absolute atomic E-state index is 13.7. The predicted octanol–water partition coefficient (Wildman–Crippen LogP) is 3.42. The lowest BCUT2D eigenvalue weighted by Gasteiger charge is -2.43.